The third-order valence-electron chi connectivity index (χ3n) is 6.65. The molecule has 37 heavy (non-hydrogen) atoms. The van der Waals surface area contributed by atoms with E-state index in [4.69, 9.17) is 0 Å². The summed E-state index contributed by atoms with van der Waals surface area (Å²) in [6, 6.07) is -0.595. The number of hydrogen-bond donors (Lipinski definition) is 2. The lowest BCUT2D eigenvalue weighted by atomic mass is 9.85. The minimum atomic E-state index is -4.81. The van der Waals surface area contributed by atoms with Crippen LogP contribution in [0.5, 0.6) is 0 Å². The number of nitrogens with one attached hydrogen (secondary N) is 2. The standard InChI is InChI=1S/C22H25F6N7O2/c1-20(2)9-13-15(22(26,27)28)18(37)33-32-16(13)17(20)29-4-3-14(36)34-5-7-35(8-6-34)19-30-10-12(11-31-19)21(23,24)25/h10-11,17,29H,3-9H2,1-2H3,(H,33,37)/t17-/m0/s1. The van der Waals surface area contributed by atoms with E-state index < -0.39 is 40.5 Å². The van der Waals surface area contributed by atoms with Gasteiger partial charge in [0.2, 0.25) is 11.9 Å². The van der Waals surface area contributed by atoms with Crippen LogP contribution in [0.1, 0.15) is 48.7 Å². The number of amides is 1. The molecule has 2 aliphatic rings. The van der Waals surface area contributed by atoms with Crippen LogP contribution in [0, 0.1) is 5.41 Å². The Bertz CT molecular complexity index is 1200. The Kier molecular flexibility index (Phi) is 6.94. The van der Waals surface area contributed by atoms with Crippen molar-refractivity contribution < 1.29 is 31.1 Å². The maximum absolute atomic E-state index is 13.5. The summed E-state index contributed by atoms with van der Waals surface area (Å²) in [6.07, 6.45) is -7.81. The molecular formula is C22H25F6N7O2. The maximum Gasteiger partial charge on any atom is 0.422 e. The summed E-state index contributed by atoms with van der Waals surface area (Å²) >= 11 is 0. The number of aromatic amines is 1. The van der Waals surface area contributed by atoms with Crippen molar-refractivity contribution in [1.29, 1.82) is 0 Å². The fourth-order valence-corrected chi connectivity index (χ4v) is 4.79. The van der Waals surface area contributed by atoms with Crippen LogP contribution in [0.25, 0.3) is 0 Å². The van der Waals surface area contributed by atoms with Gasteiger partial charge >= 0.3 is 12.4 Å². The van der Waals surface area contributed by atoms with E-state index in [0.717, 1.165) is 12.4 Å². The average Bonchev–Trinajstić information content (AvgIpc) is 3.06. The molecule has 1 fully saturated rings. The molecule has 9 nitrogen and oxygen atoms in total. The summed E-state index contributed by atoms with van der Waals surface area (Å²) in [4.78, 5) is 35.4. The largest absolute Gasteiger partial charge is 0.422 e. The van der Waals surface area contributed by atoms with Crippen molar-refractivity contribution in [2.24, 2.45) is 5.41 Å². The fourth-order valence-electron chi connectivity index (χ4n) is 4.79. The Morgan fingerprint density at radius 3 is 2.27 bits per heavy atom. The predicted molar refractivity (Wildman–Crippen MR) is 119 cm³/mol. The first kappa shape index (κ1) is 26.8. The molecule has 1 aliphatic heterocycles. The molecule has 1 atom stereocenters. The zero-order chi connectivity index (χ0) is 27.2. The SMILES string of the molecule is CC1(C)Cc2c(n[nH]c(=O)c2C(F)(F)F)[C@@H]1NCCC(=O)N1CCN(c2ncc(C(F)(F)F)cn2)CC1. The van der Waals surface area contributed by atoms with Crippen molar-refractivity contribution >= 4 is 11.9 Å². The Hall–Kier alpha value is -3.23. The minimum absolute atomic E-state index is 0.00763. The van der Waals surface area contributed by atoms with E-state index in [1.807, 2.05) is 5.10 Å². The first-order chi connectivity index (χ1) is 17.2. The van der Waals surface area contributed by atoms with Crippen molar-refractivity contribution in [3.05, 3.63) is 45.1 Å². The highest BCUT2D eigenvalue weighted by Gasteiger charge is 2.47. The van der Waals surface area contributed by atoms with Gasteiger partial charge in [0.25, 0.3) is 5.56 Å². The highest BCUT2D eigenvalue weighted by molar-refractivity contribution is 5.76. The van der Waals surface area contributed by atoms with Gasteiger partial charge in [-0.3, -0.25) is 9.59 Å². The zero-order valence-corrected chi connectivity index (χ0v) is 20.0. The Morgan fingerprint density at radius 1 is 1.08 bits per heavy atom. The van der Waals surface area contributed by atoms with Crippen molar-refractivity contribution in [3.8, 4) is 0 Å². The number of carbonyl (C=O) groups excluding carboxylic acids is 1. The van der Waals surface area contributed by atoms with Crippen LogP contribution in [0.15, 0.2) is 17.2 Å². The number of hydrogen-bond acceptors (Lipinski definition) is 7. The van der Waals surface area contributed by atoms with Crippen LogP contribution in [0.3, 0.4) is 0 Å². The maximum atomic E-state index is 13.5. The monoisotopic (exact) mass is 533 g/mol. The van der Waals surface area contributed by atoms with Gasteiger partial charge in [-0.05, 0) is 17.4 Å². The molecule has 202 valence electrons. The van der Waals surface area contributed by atoms with E-state index in [1.54, 1.807) is 23.6 Å². The third kappa shape index (κ3) is 5.55. The van der Waals surface area contributed by atoms with E-state index in [-0.39, 0.29) is 42.5 Å². The molecule has 2 aromatic rings. The summed E-state index contributed by atoms with van der Waals surface area (Å²) in [5, 5.41) is 8.95. The predicted octanol–water partition coefficient (Wildman–Crippen LogP) is 2.55. The second kappa shape index (κ2) is 9.58. The minimum Gasteiger partial charge on any atom is -0.339 e. The number of halogens is 6. The van der Waals surface area contributed by atoms with Crippen LogP contribution >= 0.6 is 0 Å². The number of aromatic nitrogens is 4. The molecule has 2 aromatic heterocycles. The number of nitrogens with zero attached hydrogens (tertiary/aromatic N) is 5. The number of H-pyrrole nitrogens is 1. The van der Waals surface area contributed by atoms with Crippen LogP contribution in [0.2, 0.25) is 0 Å². The summed E-state index contributed by atoms with van der Waals surface area (Å²) in [7, 11) is 0. The summed E-state index contributed by atoms with van der Waals surface area (Å²) in [6.45, 7) is 5.02. The van der Waals surface area contributed by atoms with Gasteiger partial charge < -0.3 is 15.1 Å². The van der Waals surface area contributed by atoms with E-state index in [9.17, 15) is 35.9 Å². The van der Waals surface area contributed by atoms with Crippen LogP contribution in [-0.2, 0) is 23.6 Å². The molecule has 0 unspecified atom stereocenters. The number of fused-ring (bicyclic) bond motifs is 1. The second-order valence-electron chi connectivity index (χ2n) is 9.73. The number of carbonyl (C=O) groups is 1. The molecule has 0 aromatic carbocycles. The summed E-state index contributed by atoms with van der Waals surface area (Å²) < 4.78 is 78.5. The molecule has 1 aliphatic carbocycles. The van der Waals surface area contributed by atoms with Gasteiger partial charge in [-0.1, -0.05) is 13.8 Å². The Labute approximate surface area is 207 Å². The zero-order valence-electron chi connectivity index (χ0n) is 20.0. The number of anilines is 1. The fraction of sp³-hybridized carbons (Fsp3) is 0.591. The van der Waals surface area contributed by atoms with Crippen molar-refractivity contribution in [3.63, 3.8) is 0 Å². The van der Waals surface area contributed by atoms with Crippen molar-refractivity contribution in [1.82, 2.24) is 30.4 Å². The highest BCUT2D eigenvalue weighted by atomic mass is 19.4. The first-order valence-corrected chi connectivity index (χ1v) is 11.5. The molecule has 0 radical (unpaired) electrons. The van der Waals surface area contributed by atoms with Gasteiger partial charge in [0.05, 0.1) is 17.3 Å². The van der Waals surface area contributed by atoms with Gasteiger partial charge in [0, 0.05) is 51.5 Å². The molecular weight excluding hydrogens is 508 g/mol. The van der Waals surface area contributed by atoms with Gasteiger partial charge in [-0.15, -0.1) is 0 Å². The van der Waals surface area contributed by atoms with Crippen molar-refractivity contribution in [2.75, 3.05) is 37.6 Å². The topological polar surface area (TPSA) is 107 Å². The van der Waals surface area contributed by atoms with Crippen LogP contribution in [0.4, 0.5) is 32.3 Å². The Morgan fingerprint density at radius 2 is 1.70 bits per heavy atom. The molecule has 0 bridgehead atoms. The quantitative estimate of drug-likeness (QED) is 0.569. The molecule has 4 rings (SSSR count). The summed E-state index contributed by atoms with van der Waals surface area (Å²) in [5.41, 5.74) is -4.14. The lowest BCUT2D eigenvalue weighted by molar-refractivity contribution is -0.139. The molecule has 15 heteroatoms. The lowest BCUT2D eigenvalue weighted by Crippen LogP contribution is -2.49. The molecule has 0 saturated carbocycles. The van der Waals surface area contributed by atoms with Crippen LogP contribution < -0.4 is 15.8 Å². The van der Waals surface area contributed by atoms with E-state index in [0.29, 0.717) is 26.2 Å². The van der Waals surface area contributed by atoms with Gasteiger partial charge in [-0.2, -0.15) is 31.4 Å². The molecule has 0 spiro atoms. The summed E-state index contributed by atoms with van der Waals surface area (Å²) in [5.74, 6) is -0.0328. The smallest absolute Gasteiger partial charge is 0.339 e. The first-order valence-electron chi connectivity index (χ1n) is 11.5. The lowest BCUT2D eigenvalue weighted by Gasteiger charge is -2.35. The van der Waals surface area contributed by atoms with E-state index in [2.05, 4.69) is 20.4 Å². The van der Waals surface area contributed by atoms with Gasteiger partial charge in [-0.25, -0.2) is 15.1 Å². The third-order valence-corrected chi connectivity index (χ3v) is 6.65. The van der Waals surface area contributed by atoms with Gasteiger partial charge in [0.1, 0.15) is 5.56 Å². The number of alkyl halides is 6. The number of piperazine rings is 1. The molecule has 1 saturated heterocycles. The van der Waals surface area contributed by atoms with Crippen molar-refractivity contribution in [2.45, 2.75) is 45.1 Å². The second-order valence-corrected chi connectivity index (χ2v) is 9.73. The van der Waals surface area contributed by atoms with E-state index in [1.165, 1.54) is 0 Å². The molecule has 2 N–H and O–H groups in total. The number of rotatable bonds is 5. The molecule has 3 heterocycles. The Balaban J connectivity index is 1.32. The van der Waals surface area contributed by atoms with Crippen LogP contribution in [-0.4, -0.2) is 63.7 Å². The highest BCUT2D eigenvalue weighted by Crippen LogP contribution is 2.47. The van der Waals surface area contributed by atoms with E-state index >= 15 is 0 Å². The molecule has 1 amide bonds. The average molecular weight is 533 g/mol. The van der Waals surface area contributed by atoms with Gasteiger partial charge in [0.15, 0.2) is 0 Å². The normalized spacial score (nSPS) is 19.7.